The molecule has 4 aliphatic heterocycles. The topological polar surface area (TPSA) is 317 Å². The summed E-state index contributed by atoms with van der Waals surface area (Å²) in [4.78, 5) is 73.2. The standard InChI is InChI=1S/2C27H30ClFN6O5.C9H12FNO2/c2*1-15(25(37)32-23(14-36)16-7-18(29)10-21(9-16)39-2)34-13-20-8-17(12-35(20)27(34)38)24-22(28)11-30-26(33-24)31-19-3-5-40-6-4-19;1-13-8-3-6(9(11)5-12)2-7(10)4-8/h2*7-12,15,19,23,36H,3-6,13-14H2,1-2H3,(H,32,37)(H,30,31,33);2-4,9,12H,5,11H2,1H3/t15-,23+;15-,23-;9-/m011/s1. The Morgan fingerprint density at radius 3 is 1.30 bits per heavy atom. The van der Waals surface area contributed by atoms with Crippen LogP contribution in [0.1, 0.15) is 85.7 Å². The van der Waals surface area contributed by atoms with Crippen LogP contribution in [-0.2, 0) is 32.2 Å². The summed E-state index contributed by atoms with van der Waals surface area (Å²) < 4.78 is 69.6. The summed E-state index contributed by atoms with van der Waals surface area (Å²) >= 11 is 12.8. The Labute approximate surface area is 543 Å². The van der Waals surface area contributed by atoms with Crippen LogP contribution in [0.3, 0.4) is 0 Å². The molecule has 4 aliphatic rings. The van der Waals surface area contributed by atoms with Crippen LogP contribution in [0, 0.1) is 17.5 Å². The van der Waals surface area contributed by atoms with Crippen molar-refractivity contribution >= 4 is 59.0 Å². The summed E-state index contributed by atoms with van der Waals surface area (Å²) in [6, 6.07) is 11.2. The third kappa shape index (κ3) is 16.8. The predicted octanol–water partition coefficient (Wildman–Crippen LogP) is 7.54. The highest BCUT2D eigenvalue weighted by Gasteiger charge is 2.38. The van der Waals surface area contributed by atoms with Crippen LogP contribution < -0.4 is 41.2 Å². The maximum atomic E-state index is 14.0. The van der Waals surface area contributed by atoms with Gasteiger partial charge in [0.1, 0.15) is 46.8 Å². The van der Waals surface area contributed by atoms with Gasteiger partial charge >= 0.3 is 12.1 Å². The maximum Gasteiger partial charge on any atom is 0.329 e. The van der Waals surface area contributed by atoms with Crippen molar-refractivity contribution in [3.8, 4) is 39.8 Å². The molecule has 0 saturated carbocycles. The predicted molar refractivity (Wildman–Crippen MR) is 336 cm³/mol. The SMILES string of the molecule is COc1cc(F)cc([C@@H](CO)NC(=O)[C@@H](C)N2Cc3cc(-c4nc(NC5CCOCC5)ncc4Cl)cn3C2=O)c1.COc1cc(F)cc([C@@H](CO)NC(=O)[C@H](C)N2Cc3cc(-c4nc(NC5CCOCC5)ncc4Cl)cn3C2=O)c1.COc1cc(F)cc([C@H](N)CO)c1. The number of hydrogen-bond acceptors (Lipinski definition) is 19. The lowest BCUT2D eigenvalue weighted by Gasteiger charge is -2.25. The van der Waals surface area contributed by atoms with Crippen molar-refractivity contribution < 1.29 is 71.4 Å². The van der Waals surface area contributed by atoms with E-state index in [1.807, 2.05) is 12.1 Å². The number of aromatic nitrogens is 6. The Hall–Kier alpha value is -8.61. The molecule has 0 aliphatic carbocycles. The van der Waals surface area contributed by atoms with E-state index < -0.39 is 72.7 Å². The fourth-order valence-corrected chi connectivity index (χ4v) is 11.1. The molecule has 0 bridgehead atoms. The van der Waals surface area contributed by atoms with E-state index in [1.54, 1.807) is 32.3 Å². The zero-order valence-electron chi connectivity index (χ0n) is 51.5. The van der Waals surface area contributed by atoms with E-state index in [2.05, 4.69) is 41.2 Å². The number of aliphatic hydroxyl groups is 3. The molecular formula is C63H72Cl2F3N13O12. The van der Waals surface area contributed by atoms with E-state index >= 15 is 0 Å². The molecule has 0 unspecified atom stereocenters. The number of fused-ring (bicyclic) bond motifs is 2. The van der Waals surface area contributed by atoms with Crippen LogP contribution in [0.2, 0.25) is 10.0 Å². The van der Waals surface area contributed by atoms with Gasteiger partial charge in [-0.25, -0.2) is 42.7 Å². The summed E-state index contributed by atoms with van der Waals surface area (Å²) in [7, 11) is 4.24. The maximum absolute atomic E-state index is 14.0. The third-order valence-electron chi connectivity index (χ3n) is 16.0. The Morgan fingerprint density at radius 1 is 0.591 bits per heavy atom. The highest BCUT2D eigenvalue weighted by atomic mass is 35.5. The van der Waals surface area contributed by atoms with Gasteiger partial charge in [0.15, 0.2) is 0 Å². The minimum absolute atomic E-state index is 0.181. The number of carbonyl (C=O) groups is 4. The van der Waals surface area contributed by atoms with E-state index in [0.29, 0.717) is 105 Å². The molecule has 2 saturated heterocycles. The quantitative estimate of drug-likeness (QED) is 0.0344. The largest absolute Gasteiger partial charge is 0.497 e. The average Bonchev–Trinajstić information content (AvgIpc) is 1.64. The first-order chi connectivity index (χ1) is 44.7. The van der Waals surface area contributed by atoms with E-state index in [0.717, 1.165) is 25.7 Å². The number of ether oxygens (including phenoxy) is 5. The molecule has 0 radical (unpaired) electrons. The number of halogens is 5. The smallest absolute Gasteiger partial charge is 0.329 e. The number of nitrogens with zero attached hydrogens (tertiary/aromatic N) is 8. The third-order valence-corrected chi connectivity index (χ3v) is 16.6. The van der Waals surface area contributed by atoms with Crippen LogP contribution in [-0.4, -0.2) is 170 Å². The molecule has 93 heavy (non-hydrogen) atoms. The van der Waals surface area contributed by atoms with E-state index in [9.17, 15) is 42.6 Å². The zero-order chi connectivity index (χ0) is 66.6. The number of aliphatic hydroxyl groups excluding tert-OH is 3. The van der Waals surface area contributed by atoms with Gasteiger partial charge < -0.3 is 75.8 Å². The lowest BCUT2D eigenvalue weighted by molar-refractivity contribution is -0.126. The molecule has 0 spiro atoms. The Kier molecular flexibility index (Phi) is 23.2. The molecular weight excluding hydrogens is 1260 g/mol. The molecule has 30 heteroatoms. The van der Waals surface area contributed by atoms with Crippen molar-refractivity contribution in [2.24, 2.45) is 5.73 Å². The first kappa shape index (κ1) is 68.7. The molecule has 496 valence electrons. The molecule has 2 fully saturated rings. The molecule has 5 atom stereocenters. The number of amides is 4. The molecule has 4 amide bonds. The highest BCUT2D eigenvalue weighted by Crippen LogP contribution is 2.35. The second kappa shape index (κ2) is 31.3. The van der Waals surface area contributed by atoms with E-state index in [-0.39, 0.29) is 55.3 Å². The normalized spacial score (nSPS) is 16.3. The molecule has 25 nitrogen and oxygen atoms in total. The molecule has 3 aromatic carbocycles. The lowest BCUT2D eigenvalue weighted by atomic mass is 10.1. The fraction of sp³-hybridized carbons (Fsp3) is 0.397. The molecule has 7 aromatic rings. The fourth-order valence-electron chi connectivity index (χ4n) is 10.7. The second-order valence-corrected chi connectivity index (χ2v) is 23.1. The van der Waals surface area contributed by atoms with Crippen molar-refractivity contribution in [2.75, 3.05) is 78.2 Å². The van der Waals surface area contributed by atoms with Gasteiger partial charge in [0.25, 0.3) is 0 Å². The number of methoxy groups -OCH3 is 3. The number of rotatable bonds is 21. The molecule has 11 rings (SSSR count). The lowest BCUT2D eigenvalue weighted by Crippen LogP contribution is -2.47. The summed E-state index contributed by atoms with van der Waals surface area (Å²) in [6.45, 7) is 5.13. The average molecular weight is 1330 g/mol. The first-order valence-corrected chi connectivity index (χ1v) is 30.5. The first-order valence-electron chi connectivity index (χ1n) is 29.7. The van der Waals surface area contributed by atoms with Crippen molar-refractivity contribution in [2.45, 2.75) is 94.9 Å². The van der Waals surface area contributed by atoms with Gasteiger partial charge in [-0.1, -0.05) is 23.2 Å². The van der Waals surface area contributed by atoms with Gasteiger partial charge in [0.05, 0.1) is 106 Å². The number of nitrogens with two attached hydrogens (primary N) is 1. The molecule has 4 aromatic heterocycles. The van der Waals surface area contributed by atoms with Gasteiger partial charge in [-0.05, 0) is 105 Å². The number of nitrogens with one attached hydrogen (secondary N) is 4. The number of anilines is 2. The highest BCUT2D eigenvalue weighted by molar-refractivity contribution is 6.33. The van der Waals surface area contributed by atoms with Crippen LogP contribution in [0.15, 0.2) is 91.5 Å². The van der Waals surface area contributed by atoms with Crippen molar-refractivity contribution in [1.82, 2.24) is 49.5 Å². The summed E-state index contributed by atoms with van der Waals surface area (Å²) in [6.07, 6.45) is 9.76. The van der Waals surface area contributed by atoms with Gasteiger partial charge in [0.2, 0.25) is 23.7 Å². The van der Waals surface area contributed by atoms with Crippen molar-refractivity contribution in [3.63, 3.8) is 0 Å². The van der Waals surface area contributed by atoms with Gasteiger partial charge in [0, 0.05) is 91.6 Å². The van der Waals surface area contributed by atoms with Crippen molar-refractivity contribution in [3.05, 3.63) is 147 Å². The Morgan fingerprint density at radius 2 is 0.957 bits per heavy atom. The van der Waals surface area contributed by atoms with Crippen LogP contribution in [0.25, 0.3) is 22.5 Å². The summed E-state index contributed by atoms with van der Waals surface area (Å²) in [5.41, 5.74) is 10.4. The van der Waals surface area contributed by atoms with Crippen LogP contribution >= 0.6 is 23.2 Å². The number of carbonyl (C=O) groups excluding carboxylic acids is 4. The summed E-state index contributed by atoms with van der Waals surface area (Å²) in [5.74, 6) is -0.710. The minimum atomic E-state index is -0.883. The monoisotopic (exact) mass is 1330 g/mol. The van der Waals surface area contributed by atoms with E-state index in [4.69, 9.17) is 57.7 Å². The van der Waals surface area contributed by atoms with Crippen LogP contribution in [0.5, 0.6) is 17.2 Å². The minimum Gasteiger partial charge on any atom is -0.497 e. The van der Waals surface area contributed by atoms with Crippen molar-refractivity contribution in [1.29, 1.82) is 0 Å². The van der Waals surface area contributed by atoms with Crippen LogP contribution in [0.4, 0.5) is 34.7 Å². The Bertz CT molecular complexity index is 3590. The molecule has 8 heterocycles. The number of benzene rings is 3. The van der Waals surface area contributed by atoms with Gasteiger partial charge in [-0.15, -0.1) is 0 Å². The van der Waals surface area contributed by atoms with Gasteiger partial charge in [-0.2, -0.15) is 0 Å². The second-order valence-electron chi connectivity index (χ2n) is 22.2. The number of hydrogen-bond donors (Lipinski definition) is 8. The van der Waals surface area contributed by atoms with Gasteiger partial charge in [-0.3, -0.25) is 18.7 Å². The summed E-state index contributed by atoms with van der Waals surface area (Å²) in [5, 5.41) is 41.2. The Balaban J connectivity index is 0.000000184. The van der Waals surface area contributed by atoms with E-state index in [1.165, 1.54) is 101 Å². The zero-order valence-corrected chi connectivity index (χ0v) is 53.0. The molecule has 9 N–H and O–H groups in total.